The first kappa shape index (κ1) is 22.7. The molecule has 30 heavy (non-hydrogen) atoms. The fraction of sp³-hybridized carbons (Fsp3) is 0.0476. The average molecular weight is 501 g/mol. The maximum absolute atomic E-state index is 13.2. The number of ether oxygens (including phenoxy) is 1. The predicted molar refractivity (Wildman–Crippen MR) is 121 cm³/mol. The Hall–Kier alpha value is -1.94. The molecule has 0 fully saturated rings. The molecule has 9 heteroatoms. The van der Waals surface area contributed by atoms with Crippen molar-refractivity contribution in [3.63, 3.8) is 0 Å². The van der Waals surface area contributed by atoms with Gasteiger partial charge in [0, 0.05) is 5.56 Å². The molecule has 0 aromatic heterocycles. The molecule has 0 aliphatic heterocycles. The van der Waals surface area contributed by atoms with Crippen molar-refractivity contribution in [2.24, 2.45) is 0 Å². The molecule has 0 N–H and O–H groups in total. The molecule has 3 aromatic carbocycles. The lowest BCUT2D eigenvalue weighted by atomic mass is 10.0. The summed E-state index contributed by atoms with van der Waals surface area (Å²) in [6, 6.07) is 14.1. The van der Waals surface area contributed by atoms with Crippen LogP contribution in [0, 0.1) is 0 Å². The first-order valence-electron chi connectivity index (χ1n) is 8.39. The molecule has 3 aromatic rings. The average Bonchev–Trinajstić information content (AvgIpc) is 2.73. The summed E-state index contributed by atoms with van der Waals surface area (Å²) in [5.41, 5.74) is -0.674. The van der Waals surface area contributed by atoms with Gasteiger partial charge in [-0.3, -0.25) is 4.79 Å². The van der Waals surface area contributed by atoms with Crippen molar-refractivity contribution in [3.8, 4) is 5.75 Å². The van der Waals surface area contributed by atoms with Crippen LogP contribution in [-0.2, 0) is 4.57 Å². The summed E-state index contributed by atoms with van der Waals surface area (Å²) < 4.78 is 18.3. The van der Waals surface area contributed by atoms with E-state index >= 15 is 0 Å². The highest BCUT2D eigenvalue weighted by molar-refractivity contribution is 7.72. The third kappa shape index (κ3) is 4.25. The van der Waals surface area contributed by atoms with Gasteiger partial charge in [-0.1, -0.05) is 87.4 Å². The van der Waals surface area contributed by atoms with E-state index in [9.17, 15) is 14.2 Å². The Kier molecular flexibility index (Phi) is 7.18. The second-order valence-corrected chi connectivity index (χ2v) is 9.03. The fourth-order valence-corrected chi connectivity index (χ4v) is 5.69. The SMILES string of the molecule is COc1cccc(Cl)c1C(=O)[P+](=O)c1c(Cl)cc(Cl)c(C(=O)c2ccccc2)c1Cl. The van der Waals surface area contributed by atoms with Crippen molar-refractivity contribution in [2.45, 2.75) is 0 Å². The smallest absolute Gasteiger partial charge is 0.462 e. The van der Waals surface area contributed by atoms with Crippen LogP contribution in [0.1, 0.15) is 26.3 Å². The van der Waals surface area contributed by atoms with Gasteiger partial charge in [-0.05, 0) is 18.2 Å². The molecule has 0 aliphatic rings. The van der Waals surface area contributed by atoms with Gasteiger partial charge in [-0.2, -0.15) is 0 Å². The Morgan fingerprint density at radius 1 is 0.833 bits per heavy atom. The van der Waals surface area contributed by atoms with Crippen LogP contribution in [0.5, 0.6) is 5.75 Å². The highest BCUT2D eigenvalue weighted by Gasteiger charge is 2.42. The van der Waals surface area contributed by atoms with Gasteiger partial charge in [-0.15, -0.1) is 0 Å². The summed E-state index contributed by atoms with van der Waals surface area (Å²) in [6.07, 6.45) is 0. The van der Waals surface area contributed by atoms with Gasteiger partial charge in [0.05, 0.1) is 27.7 Å². The number of rotatable bonds is 6. The van der Waals surface area contributed by atoms with Gasteiger partial charge < -0.3 is 4.74 Å². The number of carbonyl (C=O) groups excluding carboxylic acids is 2. The summed E-state index contributed by atoms with van der Waals surface area (Å²) in [5, 5.41) is -0.501. The minimum absolute atomic E-state index is 0.0197. The summed E-state index contributed by atoms with van der Waals surface area (Å²) >= 11 is 25.0. The Bertz CT molecular complexity index is 1180. The number of hydrogen-bond acceptors (Lipinski definition) is 4. The molecular weight excluding hydrogens is 489 g/mol. The van der Waals surface area contributed by atoms with E-state index in [0.29, 0.717) is 5.56 Å². The predicted octanol–water partition coefficient (Wildman–Crippen LogP) is 6.83. The van der Waals surface area contributed by atoms with Crippen LogP contribution in [0.25, 0.3) is 0 Å². The zero-order valence-electron chi connectivity index (χ0n) is 15.3. The van der Waals surface area contributed by atoms with Gasteiger partial charge >= 0.3 is 13.3 Å². The summed E-state index contributed by atoms with van der Waals surface area (Å²) in [5.74, 6) is -0.340. The number of carbonyl (C=O) groups is 2. The Morgan fingerprint density at radius 2 is 1.50 bits per heavy atom. The van der Waals surface area contributed by atoms with E-state index in [1.165, 1.54) is 25.3 Å². The van der Waals surface area contributed by atoms with Gasteiger partial charge in [-0.25, -0.2) is 4.79 Å². The monoisotopic (exact) mass is 499 g/mol. The number of ketones is 1. The minimum atomic E-state index is -2.84. The second-order valence-electron chi connectivity index (χ2n) is 5.99. The first-order chi connectivity index (χ1) is 14.3. The lowest BCUT2D eigenvalue weighted by Gasteiger charge is -2.09. The third-order valence-electron chi connectivity index (χ3n) is 4.21. The minimum Gasteiger partial charge on any atom is -0.496 e. The zero-order chi connectivity index (χ0) is 22.0. The maximum atomic E-state index is 13.2. The van der Waals surface area contributed by atoms with E-state index in [2.05, 4.69) is 0 Å². The van der Waals surface area contributed by atoms with Crippen molar-refractivity contribution >= 4 is 70.8 Å². The van der Waals surface area contributed by atoms with E-state index in [4.69, 9.17) is 51.1 Å². The largest absolute Gasteiger partial charge is 0.496 e. The van der Waals surface area contributed by atoms with Crippen LogP contribution in [-0.4, -0.2) is 18.4 Å². The Labute approximate surface area is 193 Å². The standard InChI is InChI=1S/C21H12Cl4O4P/c1-29-15-9-5-8-12(22)16(15)21(27)30(28)20-14(24)10-13(23)17(18(20)25)19(26)11-6-3-2-4-7-11/h2-10H,1H3/q+1. The van der Waals surface area contributed by atoms with Gasteiger partial charge in [0.25, 0.3) is 0 Å². The molecular formula is C21H12Cl4O4P+. The number of benzene rings is 3. The van der Waals surface area contributed by atoms with E-state index in [0.717, 1.165) is 0 Å². The Morgan fingerprint density at radius 3 is 2.13 bits per heavy atom. The topological polar surface area (TPSA) is 60.4 Å². The molecule has 0 saturated carbocycles. The zero-order valence-corrected chi connectivity index (χ0v) is 19.2. The highest BCUT2D eigenvalue weighted by Crippen LogP contribution is 2.41. The summed E-state index contributed by atoms with van der Waals surface area (Å²) in [6.45, 7) is 0. The van der Waals surface area contributed by atoms with Crippen LogP contribution < -0.4 is 10.0 Å². The Balaban J connectivity index is 2.14. The van der Waals surface area contributed by atoms with E-state index in [1.54, 1.807) is 36.4 Å². The maximum Gasteiger partial charge on any atom is 0.462 e. The van der Waals surface area contributed by atoms with Crippen molar-refractivity contribution < 1.29 is 18.9 Å². The van der Waals surface area contributed by atoms with E-state index < -0.39 is 19.1 Å². The number of methoxy groups -OCH3 is 1. The van der Waals surface area contributed by atoms with Gasteiger partial charge in [0.1, 0.15) is 16.3 Å². The lowest BCUT2D eigenvalue weighted by Crippen LogP contribution is -2.14. The summed E-state index contributed by atoms with van der Waals surface area (Å²) in [7, 11) is -1.49. The van der Waals surface area contributed by atoms with Crippen molar-refractivity contribution in [2.75, 3.05) is 7.11 Å². The van der Waals surface area contributed by atoms with Crippen LogP contribution in [0.4, 0.5) is 0 Å². The molecule has 3 rings (SSSR count). The van der Waals surface area contributed by atoms with E-state index in [1.807, 2.05) is 0 Å². The molecule has 0 spiro atoms. The molecule has 1 atom stereocenters. The number of hydrogen-bond donors (Lipinski definition) is 0. The molecule has 0 heterocycles. The van der Waals surface area contributed by atoms with Gasteiger partial charge in [0.15, 0.2) is 5.78 Å². The number of halogens is 4. The van der Waals surface area contributed by atoms with Crippen LogP contribution >= 0.6 is 54.2 Å². The summed E-state index contributed by atoms with van der Waals surface area (Å²) in [4.78, 5) is 25.9. The van der Waals surface area contributed by atoms with Crippen molar-refractivity contribution in [3.05, 3.63) is 91.4 Å². The molecule has 0 radical (unpaired) electrons. The van der Waals surface area contributed by atoms with Crippen molar-refractivity contribution in [1.29, 1.82) is 0 Å². The molecule has 0 saturated heterocycles. The molecule has 1 unspecified atom stereocenters. The molecule has 0 aliphatic carbocycles. The normalized spacial score (nSPS) is 11.2. The molecule has 0 bridgehead atoms. The second kappa shape index (κ2) is 9.47. The van der Waals surface area contributed by atoms with Crippen LogP contribution in [0.2, 0.25) is 20.1 Å². The van der Waals surface area contributed by atoms with Crippen LogP contribution in [0.15, 0.2) is 54.6 Å². The van der Waals surface area contributed by atoms with Crippen molar-refractivity contribution in [1.82, 2.24) is 0 Å². The molecule has 4 nitrogen and oxygen atoms in total. The fourth-order valence-electron chi connectivity index (χ4n) is 2.79. The lowest BCUT2D eigenvalue weighted by molar-refractivity contribution is 0.103. The third-order valence-corrected chi connectivity index (χ3v) is 7.22. The van der Waals surface area contributed by atoms with Crippen LogP contribution in [0.3, 0.4) is 0 Å². The highest BCUT2D eigenvalue weighted by atomic mass is 35.5. The molecule has 152 valence electrons. The van der Waals surface area contributed by atoms with E-state index in [-0.39, 0.29) is 42.3 Å². The first-order valence-corrected chi connectivity index (χ1v) is 11.2. The van der Waals surface area contributed by atoms with Gasteiger partial charge in [0.2, 0.25) is 5.30 Å². The quantitative estimate of drug-likeness (QED) is 0.275. The molecule has 0 amide bonds.